The third-order valence-electron chi connectivity index (χ3n) is 1.37. The van der Waals surface area contributed by atoms with Crippen LogP contribution in [0, 0.1) is 0 Å². The Morgan fingerprint density at radius 2 is 1.07 bits per heavy atom. The molecule has 0 saturated heterocycles. The van der Waals surface area contributed by atoms with Crippen LogP contribution in [0.1, 0.15) is 41.5 Å². The number of rotatable bonds is 9. The molecule has 0 heterocycles. The minimum atomic E-state index is -1.79. The van der Waals surface area contributed by atoms with Crippen LogP contribution >= 0.6 is 0 Å². The summed E-state index contributed by atoms with van der Waals surface area (Å²) in [7, 11) is 0. The average molecular weight is 228 g/mol. The van der Waals surface area contributed by atoms with Crippen molar-refractivity contribution in [2.45, 2.75) is 40.0 Å². The van der Waals surface area contributed by atoms with Gasteiger partial charge in [-0.2, -0.15) is 0 Å². The van der Waals surface area contributed by atoms with E-state index in [1.807, 2.05) is 0 Å². The number of hydrogen-bond donors (Lipinski definition) is 0. The zero-order valence-electron chi connectivity index (χ0n) is 11.0. The van der Waals surface area contributed by atoms with Crippen molar-refractivity contribution < 1.29 is 42.3 Å². The molecule has 0 amide bonds. The normalized spacial score (nSPS) is 9.64. The van der Waals surface area contributed by atoms with Crippen LogP contribution < -0.4 is 29.6 Å². The first kappa shape index (κ1) is 17.8. The van der Waals surface area contributed by atoms with Crippen molar-refractivity contribution in [2.24, 2.45) is 0 Å². The summed E-state index contributed by atoms with van der Waals surface area (Å²) in [4.78, 5) is 0. The Balaban J connectivity index is -0.000000720. The Hall–Kier alpha value is 1.41. The van der Waals surface area contributed by atoms with Gasteiger partial charge in [-0.15, -0.1) is 0 Å². The van der Waals surface area contributed by atoms with Crippen molar-refractivity contribution in [2.75, 3.05) is 19.8 Å². The van der Waals surface area contributed by atoms with Crippen LogP contribution in [0.5, 0.6) is 0 Å². The van der Waals surface area contributed by atoms with Crippen molar-refractivity contribution in [3.8, 4) is 0 Å². The van der Waals surface area contributed by atoms with Crippen molar-refractivity contribution in [3.63, 3.8) is 0 Å². The molecule has 0 aromatic carbocycles. The fourth-order valence-electron chi connectivity index (χ4n) is 0.787. The molecule has 0 rings (SSSR count). The second kappa shape index (κ2) is 14.4. The van der Waals surface area contributed by atoms with Gasteiger partial charge in [0.1, 0.15) is 0 Å². The number of hydrogen-bond acceptors (Lipinski definition) is 3. The molecule has 80 valence electrons. The van der Waals surface area contributed by atoms with Gasteiger partial charge in [0.2, 0.25) is 0 Å². The second-order valence-electron chi connectivity index (χ2n) is 2.90. The maximum absolute atomic E-state index is 5.49. The first-order valence-corrected chi connectivity index (χ1v) is 6.61. The first-order valence-electron chi connectivity index (χ1n) is 5.19. The molecular formula is C9H22AlNaO3. The summed E-state index contributed by atoms with van der Waals surface area (Å²) in [5, 5.41) is 0. The quantitative estimate of drug-likeness (QED) is 0.492. The Kier molecular flexibility index (Phi) is 18.3. The predicted molar refractivity (Wildman–Crippen MR) is 55.6 cm³/mol. The van der Waals surface area contributed by atoms with Gasteiger partial charge in [0.15, 0.2) is 0 Å². The van der Waals surface area contributed by atoms with Gasteiger partial charge in [-0.3, -0.25) is 0 Å². The molecule has 14 heavy (non-hydrogen) atoms. The largest absolute Gasteiger partial charge is 1.00 e. The summed E-state index contributed by atoms with van der Waals surface area (Å²) in [6.45, 7) is 8.53. The molecule has 0 bridgehead atoms. The molecule has 0 fully saturated rings. The topological polar surface area (TPSA) is 27.7 Å². The molecule has 0 atom stereocenters. The van der Waals surface area contributed by atoms with Crippen LogP contribution in [0.4, 0.5) is 0 Å². The smallest absolute Gasteiger partial charge is 1.00 e. The zero-order valence-corrected chi connectivity index (χ0v) is 13.2. The van der Waals surface area contributed by atoms with Crippen molar-refractivity contribution in [3.05, 3.63) is 0 Å². The SMILES string of the molecule is CCC[O][Al]([O]CCC)[O]CCC.[H-].[Na+]. The van der Waals surface area contributed by atoms with Crippen LogP contribution in [0.2, 0.25) is 0 Å². The molecule has 0 saturated carbocycles. The molecule has 0 spiro atoms. The Morgan fingerprint density at radius 1 is 0.786 bits per heavy atom. The van der Waals surface area contributed by atoms with E-state index in [1.54, 1.807) is 0 Å². The van der Waals surface area contributed by atoms with Gasteiger partial charge in [0.05, 0.1) is 0 Å². The van der Waals surface area contributed by atoms with Gasteiger partial charge < -0.3 is 12.8 Å². The van der Waals surface area contributed by atoms with E-state index in [0.29, 0.717) is 0 Å². The minimum Gasteiger partial charge on any atom is -1.00 e. The third kappa shape index (κ3) is 11.5. The molecule has 0 aromatic heterocycles. The molecule has 0 radical (unpaired) electrons. The molecule has 0 aromatic rings. The monoisotopic (exact) mass is 228 g/mol. The molecule has 0 aliphatic rings. The summed E-state index contributed by atoms with van der Waals surface area (Å²) in [5.74, 6) is 0. The molecule has 5 heteroatoms. The average Bonchev–Trinajstić information content (AvgIpc) is 2.17. The van der Waals surface area contributed by atoms with Gasteiger partial charge in [-0.25, -0.2) is 0 Å². The minimum absolute atomic E-state index is 0. The van der Waals surface area contributed by atoms with Gasteiger partial charge in [-0.1, -0.05) is 20.8 Å². The van der Waals surface area contributed by atoms with Crippen LogP contribution in [-0.4, -0.2) is 35.0 Å². The van der Waals surface area contributed by atoms with E-state index in [4.69, 9.17) is 11.4 Å². The summed E-state index contributed by atoms with van der Waals surface area (Å²) in [6.07, 6.45) is 3.07. The van der Waals surface area contributed by atoms with Crippen LogP contribution in [0.15, 0.2) is 0 Å². The van der Waals surface area contributed by atoms with Crippen LogP contribution in [-0.2, 0) is 11.4 Å². The first-order chi connectivity index (χ1) is 6.35. The van der Waals surface area contributed by atoms with Gasteiger partial charge in [0, 0.05) is 19.8 Å². The zero-order chi connectivity index (χ0) is 9.94. The van der Waals surface area contributed by atoms with Crippen molar-refractivity contribution in [1.82, 2.24) is 0 Å². The van der Waals surface area contributed by atoms with E-state index in [-0.39, 0.29) is 31.0 Å². The van der Waals surface area contributed by atoms with E-state index >= 15 is 0 Å². The predicted octanol–water partition coefficient (Wildman–Crippen LogP) is -0.632. The van der Waals surface area contributed by atoms with E-state index in [0.717, 1.165) is 39.1 Å². The standard InChI is InChI=1S/3C3H7O.Al.Na.H/c3*1-2-3-4;;;/h3*2-3H2,1H3;;;/q3*-1;+3;+1;-1. The van der Waals surface area contributed by atoms with Gasteiger partial charge >= 0.3 is 44.7 Å². The van der Waals surface area contributed by atoms with Gasteiger partial charge in [-0.05, 0) is 19.3 Å². The summed E-state index contributed by atoms with van der Waals surface area (Å²) < 4.78 is 16.5. The third-order valence-corrected chi connectivity index (χ3v) is 2.90. The fraction of sp³-hybridized carbons (Fsp3) is 1.00. The molecule has 0 aliphatic carbocycles. The molecule has 0 N–H and O–H groups in total. The van der Waals surface area contributed by atoms with Gasteiger partial charge in [0.25, 0.3) is 0 Å². The fourth-order valence-corrected chi connectivity index (χ4v) is 2.36. The Labute approximate surface area is 117 Å². The van der Waals surface area contributed by atoms with E-state index in [1.165, 1.54) is 0 Å². The molecule has 0 unspecified atom stereocenters. The summed E-state index contributed by atoms with van der Waals surface area (Å²) >= 11 is -1.79. The summed E-state index contributed by atoms with van der Waals surface area (Å²) in [5.41, 5.74) is 0. The van der Waals surface area contributed by atoms with Crippen LogP contribution in [0.25, 0.3) is 0 Å². The van der Waals surface area contributed by atoms with Crippen molar-refractivity contribution in [1.29, 1.82) is 0 Å². The van der Waals surface area contributed by atoms with E-state index in [2.05, 4.69) is 20.8 Å². The van der Waals surface area contributed by atoms with Crippen LogP contribution in [0.3, 0.4) is 0 Å². The van der Waals surface area contributed by atoms with Crippen molar-refractivity contribution >= 4 is 15.1 Å². The Morgan fingerprint density at radius 3 is 1.29 bits per heavy atom. The maximum atomic E-state index is 5.49. The van der Waals surface area contributed by atoms with E-state index in [9.17, 15) is 0 Å². The Bertz CT molecular complexity index is 92.3. The molecule has 3 nitrogen and oxygen atoms in total. The van der Waals surface area contributed by atoms with E-state index < -0.39 is 15.1 Å². The maximum Gasteiger partial charge on any atom is 1.00 e. The second-order valence-corrected chi connectivity index (χ2v) is 4.48. The molecular weight excluding hydrogens is 206 g/mol. The summed E-state index contributed by atoms with van der Waals surface area (Å²) in [6, 6.07) is 0. The molecule has 0 aliphatic heterocycles.